The number of hydrogen-bond acceptors (Lipinski definition) is 4. The van der Waals surface area contributed by atoms with Crippen molar-refractivity contribution in [2.45, 2.75) is 25.3 Å². The molecule has 0 spiro atoms. The largest absolute Gasteiger partial charge is 0.330 e. The summed E-state index contributed by atoms with van der Waals surface area (Å²) in [5.41, 5.74) is 6.44. The van der Waals surface area contributed by atoms with Crippen LogP contribution in [0.15, 0.2) is 12.4 Å². The zero-order valence-corrected chi connectivity index (χ0v) is 8.85. The van der Waals surface area contributed by atoms with Crippen LogP contribution in [0.25, 0.3) is 0 Å². The molecule has 1 aromatic rings. The molecule has 0 saturated carbocycles. The molecular weight excluding hydrogens is 208 g/mol. The van der Waals surface area contributed by atoms with E-state index < -0.39 is 0 Å². The summed E-state index contributed by atoms with van der Waals surface area (Å²) < 4.78 is 1.60. The van der Waals surface area contributed by atoms with E-state index in [2.05, 4.69) is 10.4 Å². The van der Waals surface area contributed by atoms with Gasteiger partial charge in [-0.15, -0.1) is 0 Å². The molecule has 1 unspecified atom stereocenters. The van der Waals surface area contributed by atoms with E-state index in [0.29, 0.717) is 19.4 Å². The van der Waals surface area contributed by atoms with Gasteiger partial charge in [0.2, 0.25) is 5.91 Å². The van der Waals surface area contributed by atoms with Gasteiger partial charge in [0.1, 0.15) is 6.04 Å². The number of amides is 2. The topological polar surface area (TPSA) is 90.0 Å². The molecule has 1 aromatic heterocycles. The quantitative estimate of drug-likeness (QED) is 0.666. The normalized spacial score (nSPS) is 20.9. The van der Waals surface area contributed by atoms with Crippen LogP contribution >= 0.6 is 0 Å². The van der Waals surface area contributed by atoms with Crippen LogP contribution in [0.3, 0.4) is 0 Å². The first-order valence-corrected chi connectivity index (χ1v) is 5.27. The molecule has 1 aliphatic heterocycles. The van der Waals surface area contributed by atoms with Gasteiger partial charge < -0.3 is 5.73 Å². The molecule has 1 saturated heterocycles. The lowest BCUT2D eigenvalue weighted by Gasteiger charge is -2.20. The molecule has 86 valence electrons. The minimum Gasteiger partial charge on any atom is -0.330 e. The molecule has 1 fully saturated rings. The third kappa shape index (κ3) is 2.11. The molecule has 1 atom stereocenters. The van der Waals surface area contributed by atoms with E-state index in [1.165, 1.54) is 0 Å². The lowest BCUT2D eigenvalue weighted by atomic mass is 10.1. The van der Waals surface area contributed by atoms with Crippen molar-refractivity contribution in [3.8, 4) is 0 Å². The van der Waals surface area contributed by atoms with Gasteiger partial charge in [0.15, 0.2) is 0 Å². The highest BCUT2D eigenvalue weighted by atomic mass is 16.2. The molecule has 0 aliphatic carbocycles. The number of nitrogens with zero attached hydrogens (tertiary/aromatic N) is 2. The van der Waals surface area contributed by atoms with Crippen molar-refractivity contribution in [3.05, 3.63) is 18.0 Å². The van der Waals surface area contributed by atoms with Gasteiger partial charge >= 0.3 is 0 Å². The number of aromatic nitrogens is 2. The van der Waals surface area contributed by atoms with Gasteiger partial charge in [0, 0.05) is 12.6 Å². The van der Waals surface area contributed by atoms with E-state index in [0.717, 1.165) is 12.0 Å². The first kappa shape index (κ1) is 10.8. The number of rotatable bonds is 3. The fourth-order valence-corrected chi connectivity index (χ4v) is 1.78. The maximum Gasteiger partial charge on any atom is 0.251 e. The summed E-state index contributed by atoms with van der Waals surface area (Å²) >= 11 is 0. The second-order valence-corrected chi connectivity index (χ2v) is 3.83. The van der Waals surface area contributed by atoms with Crippen molar-refractivity contribution < 1.29 is 9.59 Å². The molecular formula is C10H14N4O2. The van der Waals surface area contributed by atoms with E-state index in [1.54, 1.807) is 10.9 Å². The Kier molecular flexibility index (Phi) is 3.00. The highest BCUT2D eigenvalue weighted by Crippen LogP contribution is 2.17. The van der Waals surface area contributed by atoms with E-state index in [1.807, 2.05) is 6.20 Å². The Balaban J connectivity index is 2.11. The zero-order chi connectivity index (χ0) is 11.5. The van der Waals surface area contributed by atoms with Crippen LogP contribution in [0, 0.1) is 0 Å². The summed E-state index contributed by atoms with van der Waals surface area (Å²) in [5.74, 6) is -0.491. The number of imide groups is 1. The Bertz CT molecular complexity index is 413. The first-order valence-electron chi connectivity index (χ1n) is 5.27. The zero-order valence-electron chi connectivity index (χ0n) is 8.85. The molecule has 0 radical (unpaired) electrons. The summed E-state index contributed by atoms with van der Waals surface area (Å²) in [6.45, 7) is 0.557. The molecule has 0 aromatic carbocycles. The summed E-state index contributed by atoms with van der Waals surface area (Å²) in [7, 11) is 0. The molecule has 2 rings (SSSR count). The fourth-order valence-electron chi connectivity index (χ4n) is 1.78. The van der Waals surface area contributed by atoms with Crippen LogP contribution in [0.5, 0.6) is 0 Å². The molecule has 3 N–H and O–H groups in total. The van der Waals surface area contributed by atoms with Crippen molar-refractivity contribution in [2.75, 3.05) is 6.54 Å². The van der Waals surface area contributed by atoms with E-state index >= 15 is 0 Å². The van der Waals surface area contributed by atoms with Crippen LogP contribution in [0.4, 0.5) is 0 Å². The highest BCUT2D eigenvalue weighted by molar-refractivity contribution is 5.99. The van der Waals surface area contributed by atoms with Crippen LogP contribution in [-0.2, 0) is 16.0 Å². The Morgan fingerprint density at radius 3 is 3.06 bits per heavy atom. The SMILES string of the molecule is NCCc1cnn(C2CCC(=O)NC2=O)c1. The van der Waals surface area contributed by atoms with Crippen LogP contribution in [0.1, 0.15) is 24.4 Å². The van der Waals surface area contributed by atoms with Gasteiger partial charge in [-0.3, -0.25) is 19.6 Å². The van der Waals surface area contributed by atoms with Crippen LogP contribution in [0.2, 0.25) is 0 Å². The molecule has 6 heteroatoms. The molecule has 2 amide bonds. The summed E-state index contributed by atoms with van der Waals surface area (Å²) in [5, 5.41) is 6.43. The van der Waals surface area contributed by atoms with Crippen molar-refractivity contribution >= 4 is 11.8 Å². The predicted octanol–water partition coefficient (Wildman–Crippen LogP) is -0.638. The summed E-state index contributed by atoms with van der Waals surface area (Å²) in [6.07, 6.45) is 5.13. The Labute approximate surface area is 92.8 Å². The Morgan fingerprint density at radius 1 is 1.56 bits per heavy atom. The number of hydrogen-bond donors (Lipinski definition) is 2. The molecule has 2 heterocycles. The minimum absolute atomic E-state index is 0.212. The third-order valence-corrected chi connectivity index (χ3v) is 2.62. The standard InChI is InChI=1S/C10H14N4O2/c11-4-3-7-5-12-14(6-7)8-1-2-9(15)13-10(8)16/h5-6,8H,1-4,11H2,(H,13,15,16). The van der Waals surface area contributed by atoms with E-state index in [4.69, 9.17) is 5.73 Å². The first-order chi connectivity index (χ1) is 7.70. The number of carbonyl (C=O) groups excluding carboxylic acids is 2. The second kappa shape index (κ2) is 4.44. The predicted molar refractivity (Wildman–Crippen MR) is 56.4 cm³/mol. The number of nitrogens with two attached hydrogens (primary N) is 1. The van der Waals surface area contributed by atoms with Crippen LogP contribution in [-0.4, -0.2) is 28.1 Å². The van der Waals surface area contributed by atoms with Gasteiger partial charge in [-0.25, -0.2) is 0 Å². The van der Waals surface area contributed by atoms with Crippen LogP contribution < -0.4 is 11.1 Å². The number of piperidine rings is 1. The smallest absolute Gasteiger partial charge is 0.251 e. The van der Waals surface area contributed by atoms with Crippen molar-refractivity contribution in [1.82, 2.24) is 15.1 Å². The highest BCUT2D eigenvalue weighted by Gasteiger charge is 2.28. The molecule has 1 aliphatic rings. The monoisotopic (exact) mass is 222 g/mol. The minimum atomic E-state index is -0.371. The Morgan fingerprint density at radius 2 is 2.38 bits per heavy atom. The van der Waals surface area contributed by atoms with Gasteiger partial charge in [-0.1, -0.05) is 0 Å². The lowest BCUT2D eigenvalue weighted by Crippen LogP contribution is -2.41. The maximum absolute atomic E-state index is 11.6. The molecule has 0 bridgehead atoms. The summed E-state index contributed by atoms with van der Waals surface area (Å²) in [4.78, 5) is 22.5. The van der Waals surface area contributed by atoms with E-state index in [-0.39, 0.29) is 17.9 Å². The van der Waals surface area contributed by atoms with Crippen molar-refractivity contribution in [2.24, 2.45) is 5.73 Å². The average Bonchev–Trinajstić information content (AvgIpc) is 2.67. The van der Waals surface area contributed by atoms with Crippen molar-refractivity contribution in [3.63, 3.8) is 0 Å². The van der Waals surface area contributed by atoms with Gasteiger partial charge in [0.05, 0.1) is 6.20 Å². The maximum atomic E-state index is 11.6. The van der Waals surface area contributed by atoms with Gasteiger partial charge in [0.25, 0.3) is 5.91 Å². The second-order valence-electron chi connectivity index (χ2n) is 3.83. The molecule has 16 heavy (non-hydrogen) atoms. The lowest BCUT2D eigenvalue weighted by molar-refractivity contribution is -0.135. The fraction of sp³-hybridized carbons (Fsp3) is 0.500. The summed E-state index contributed by atoms with van der Waals surface area (Å²) in [6, 6.07) is -0.371. The van der Waals surface area contributed by atoms with Gasteiger partial charge in [-0.05, 0) is 24.9 Å². The number of nitrogens with one attached hydrogen (secondary N) is 1. The van der Waals surface area contributed by atoms with Gasteiger partial charge in [-0.2, -0.15) is 5.10 Å². The molecule has 6 nitrogen and oxygen atoms in total. The third-order valence-electron chi connectivity index (χ3n) is 2.62. The Hall–Kier alpha value is -1.69. The average molecular weight is 222 g/mol. The number of carbonyl (C=O) groups is 2. The van der Waals surface area contributed by atoms with Crippen molar-refractivity contribution in [1.29, 1.82) is 0 Å². The van der Waals surface area contributed by atoms with E-state index in [9.17, 15) is 9.59 Å².